The number of benzene rings is 7. The molecule has 8 rings (SSSR count). The lowest BCUT2D eigenvalue weighted by Gasteiger charge is -2.42. The molecule has 0 saturated heterocycles. The van der Waals surface area contributed by atoms with Crippen molar-refractivity contribution in [2.75, 3.05) is 7.11 Å². The maximum Gasteiger partial charge on any atom is 0.145 e. The average Bonchev–Trinajstić information content (AvgIpc) is 3.24. The van der Waals surface area contributed by atoms with Crippen LogP contribution in [0.3, 0.4) is 0 Å². The summed E-state index contributed by atoms with van der Waals surface area (Å²) in [7, 11) is 1.73. The van der Waals surface area contributed by atoms with Gasteiger partial charge in [0, 0.05) is 35.8 Å². The average molecular weight is 819 g/mol. The van der Waals surface area contributed by atoms with Gasteiger partial charge in [0.05, 0.1) is 17.0 Å². The molecular formula is C51H48BrNO4. The summed E-state index contributed by atoms with van der Waals surface area (Å²) < 4.78 is 27.5. The first-order valence-electron chi connectivity index (χ1n) is 19.7. The summed E-state index contributed by atoms with van der Waals surface area (Å²) in [5.74, 6) is 3.13. The van der Waals surface area contributed by atoms with Gasteiger partial charge in [-0.25, -0.2) is 0 Å². The van der Waals surface area contributed by atoms with Crippen molar-refractivity contribution in [3.8, 4) is 34.1 Å². The first-order valence-corrected chi connectivity index (χ1v) is 20.5. The van der Waals surface area contributed by atoms with Crippen LogP contribution in [0.5, 0.6) is 23.0 Å². The number of fused-ring (bicyclic) bond motifs is 2. The van der Waals surface area contributed by atoms with Gasteiger partial charge in [0.15, 0.2) is 0 Å². The number of aryl methyl sites for hydroxylation is 1. The lowest BCUT2D eigenvalue weighted by atomic mass is 9.81. The van der Waals surface area contributed by atoms with Gasteiger partial charge in [-0.2, -0.15) is 0 Å². The smallest absolute Gasteiger partial charge is 0.145 e. The Morgan fingerprint density at radius 1 is 0.614 bits per heavy atom. The molecule has 1 aliphatic rings. The Labute approximate surface area is 344 Å². The van der Waals surface area contributed by atoms with Crippen LogP contribution < -0.4 is 18.9 Å². The van der Waals surface area contributed by atoms with Crippen LogP contribution in [-0.4, -0.2) is 18.1 Å². The number of nitrogens with zero attached hydrogens (tertiary/aromatic N) is 1. The zero-order valence-corrected chi connectivity index (χ0v) is 34.6. The zero-order valence-electron chi connectivity index (χ0n) is 33.0. The normalized spacial score (nSPS) is 15.2. The number of hydrogen-bond donors (Lipinski definition) is 0. The molecule has 2 atom stereocenters. The molecule has 6 heteroatoms. The first-order chi connectivity index (χ1) is 27.9. The van der Waals surface area contributed by atoms with Crippen LogP contribution in [-0.2, 0) is 32.8 Å². The molecule has 0 fully saturated rings. The molecule has 5 nitrogen and oxygen atoms in total. The molecule has 0 bridgehead atoms. The van der Waals surface area contributed by atoms with E-state index >= 15 is 0 Å². The van der Waals surface area contributed by atoms with E-state index in [0.717, 1.165) is 84.6 Å². The summed E-state index contributed by atoms with van der Waals surface area (Å²) in [4.78, 5) is 2.60. The topological polar surface area (TPSA) is 40.2 Å². The molecule has 0 aromatic heterocycles. The highest BCUT2D eigenvalue weighted by Crippen LogP contribution is 2.53. The molecule has 7 aromatic rings. The summed E-state index contributed by atoms with van der Waals surface area (Å²) in [5.41, 5.74) is 10.2. The molecule has 0 saturated carbocycles. The van der Waals surface area contributed by atoms with Crippen LogP contribution in [0.2, 0.25) is 0 Å². The van der Waals surface area contributed by atoms with Crippen molar-refractivity contribution in [2.45, 2.75) is 65.6 Å². The minimum absolute atomic E-state index is 0.0520. The van der Waals surface area contributed by atoms with E-state index in [1.165, 1.54) is 16.7 Å². The molecule has 0 unspecified atom stereocenters. The highest BCUT2D eigenvalue weighted by Gasteiger charge is 2.36. The van der Waals surface area contributed by atoms with Gasteiger partial charge in [-0.3, -0.25) is 4.90 Å². The van der Waals surface area contributed by atoms with Gasteiger partial charge in [0.25, 0.3) is 0 Å². The lowest BCUT2D eigenvalue weighted by molar-refractivity contribution is 0.125. The summed E-state index contributed by atoms with van der Waals surface area (Å²) in [6.07, 6.45) is 0.806. The Hall–Kier alpha value is -5.56. The molecule has 0 radical (unpaired) electrons. The first kappa shape index (κ1) is 38.3. The zero-order chi connectivity index (χ0) is 39.3. The van der Waals surface area contributed by atoms with Gasteiger partial charge in [-0.1, -0.05) is 127 Å². The third-order valence-electron chi connectivity index (χ3n) is 11.0. The van der Waals surface area contributed by atoms with Crippen molar-refractivity contribution in [3.05, 3.63) is 189 Å². The molecule has 0 aliphatic carbocycles. The minimum atomic E-state index is 0.0520. The van der Waals surface area contributed by atoms with Gasteiger partial charge in [0.1, 0.15) is 42.8 Å². The lowest BCUT2D eigenvalue weighted by Crippen LogP contribution is -2.41. The Bertz CT molecular complexity index is 2460. The Morgan fingerprint density at radius 3 is 1.70 bits per heavy atom. The van der Waals surface area contributed by atoms with Crippen molar-refractivity contribution in [1.29, 1.82) is 0 Å². The largest absolute Gasteiger partial charge is 0.496 e. The predicted molar refractivity (Wildman–Crippen MR) is 234 cm³/mol. The third kappa shape index (κ3) is 8.30. The highest BCUT2D eigenvalue weighted by atomic mass is 79.9. The molecule has 0 amide bonds. The van der Waals surface area contributed by atoms with Gasteiger partial charge in [-0.15, -0.1) is 0 Å². The second kappa shape index (κ2) is 17.3. The third-order valence-corrected chi connectivity index (χ3v) is 11.6. The maximum absolute atomic E-state index is 6.97. The number of rotatable bonds is 13. The van der Waals surface area contributed by atoms with E-state index in [4.69, 9.17) is 18.9 Å². The number of hydrogen-bond acceptors (Lipinski definition) is 5. The summed E-state index contributed by atoms with van der Waals surface area (Å²) in [6.45, 7) is 8.90. The van der Waals surface area contributed by atoms with Gasteiger partial charge in [0.2, 0.25) is 0 Å². The quantitative estimate of drug-likeness (QED) is 0.116. The summed E-state index contributed by atoms with van der Waals surface area (Å²) in [6, 6.07) is 50.7. The fraction of sp³-hybridized carbons (Fsp3) is 0.216. The molecule has 0 spiro atoms. The van der Waals surface area contributed by atoms with Crippen LogP contribution >= 0.6 is 15.9 Å². The molecular weight excluding hydrogens is 770 g/mol. The highest BCUT2D eigenvalue weighted by molar-refractivity contribution is 9.10. The number of ether oxygens (including phenoxy) is 4. The van der Waals surface area contributed by atoms with Crippen molar-refractivity contribution >= 4 is 26.7 Å². The van der Waals surface area contributed by atoms with E-state index in [-0.39, 0.29) is 12.1 Å². The van der Waals surface area contributed by atoms with E-state index in [1.807, 2.05) is 30.3 Å². The Kier molecular flexibility index (Phi) is 11.6. The maximum atomic E-state index is 6.97. The SMILES string of the molecule is COc1cc(C)cc2c(-c3c(OCc4ccccc4)cc(OCc4ccccc4)c4c3C[C@@H](C)N(Cc3ccccc3)[C@@H]4C)cc(Br)c(OCc3ccccc3)c12. The van der Waals surface area contributed by atoms with E-state index in [9.17, 15) is 0 Å². The van der Waals surface area contributed by atoms with E-state index < -0.39 is 0 Å². The Balaban J connectivity index is 1.35. The van der Waals surface area contributed by atoms with Crippen molar-refractivity contribution in [2.24, 2.45) is 0 Å². The molecule has 7 aromatic carbocycles. The standard InChI is InChI=1S/C51H48BrNO4/c1-34-25-41-42(28-44(52)51(50(41)45(26-34)54-4)57-33-40-23-15-8-16-24-40)49-43-27-35(2)53(30-37-17-9-5-10-18-37)36(3)48(43)46(55-31-38-19-11-6-12-20-38)29-47(49)56-32-39-21-13-7-14-22-39/h5-26,28-29,35-36H,27,30-33H2,1-4H3/t35-,36-/m1/s1. The number of halogens is 1. The van der Waals surface area contributed by atoms with Crippen molar-refractivity contribution < 1.29 is 18.9 Å². The molecule has 288 valence electrons. The van der Waals surface area contributed by atoms with Crippen molar-refractivity contribution in [1.82, 2.24) is 4.90 Å². The fourth-order valence-corrected chi connectivity index (χ4v) is 8.79. The minimum Gasteiger partial charge on any atom is -0.496 e. The van der Waals surface area contributed by atoms with E-state index in [2.05, 4.69) is 157 Å². The predicted octanol–water partition coefficient (Wildman–Crippen LogP) is 12.8. The van der Waals surface area contributed by atoms with E-state index in [0.29, 0.717) is 19.8 Å². The summed E-state index contributed by atoms with van der Waals surface area (Å²) in [5, 5.41) is 1.95. The number of methoxy groups -OCH3 is 1. The van der Waals surface area contributed by atoms with Gasteiger partial charge in [-0.05, 0) is 99.6 Å². The second-order valence-corrected chi connectivity index (χ2v) is 15.8. The van der Waals surface area contributed by atoms with Crippen LogP contribution in [0, 0.1) is 6.92 Å². The van der Waals surface area contributed by atoms with Gasteiger partial charge < -0.3 is 18.9 Å². The van der Waals surface area contributed by atoms with Crippen LogP contribution in [0.4, 0.5) is 0 Å². The molecule has 1 aliphatic heterocycles. The second-order valence-electron chi connectivity index (χ2n) is 15.0. The fourth-order valence-electron chi connectivity index (χ4n) is 8.25. The van der Waals surface area contributed by atoms with Gasteiger partial charge >= 0.3 is 0 Å². The van der Waals surface area contributed by atoms with Crippen LogP contribution in [0.25, 0.3) is 21.9 Å². The van der Waals surface area contributed by atoms with Crippen molar-refractivity contribution in [3.63, 3.8) is 0 Å². The summed E-state index contributed by atoms with van der Waals surface area (Å²) >= 11 is 4.00. The van der Waals surface area contributed by atoms with E-state index in [1.54, 1.807) is 7.11 Å². The monoisotopic (exact) mass is 817 g/mol. The Morgan fingerprint density at radius 2 is 1.14 bits per heavy atom. The van der Waals surface area contributed by atoms with Crippen LogP contribution in [0.1, 0.15) is 58.8 Å². The van der Waals surface area contributed by atoms with Crippen LogP contribution in [0.15, 0.2) is 150 Å². The molecule has 0 N–H and O–H groups in total. The molecule has 1 heterocycles. The molecule has 57 heavy (non-hydrogen) atoms.